The number of nitrogens with one attached hydrogen (secondary N) is 3. The predicted octanol–water partition coefficient (Wildman–Crippen LogP) is 4.70. The van der Waals surface area contributed by atoms with Crippen LogP contribution >= 0.6 is 24.0 Å². The zero-order valence-corrected chi connectivity index (χ0v) is 20.6. The Balaban J connectivity index is 0.00000341. The molecule has 0 aliphatic heterocycles. The van der Waals surface area contributed by atoms with Crippen LogP contribution < -0.4 is 20.7 Å². The Hall–Kier alpha value is -2.29. The van der Waals surface area contributed by atoms with E-state index in [9.17, 15) is 4.79 Å². The fraction of sp³-hybridized carbons (Fsp3) is 0.417. The molecule has 3 N–H and O–H groups in total. The number of benzene rings is 2. The largest absolute Gasteiger partial charge is 0.493 e. The molecule has 0 aromatic heterocycles. The molecule has 6 nitrogen and oxygen atoms in total. The highest BCUT2D eigenvalue weighted by Crippen LogP contribution is 2.30. The van der Waals surface area contributed by atoms with E-state index in [0.29, 0.717) is 25.5 Å². The van der Waals surface area contributed by atoms with Gasteiger partial charge in [0.05, 0.1) is 6.61 Å². The zero-order valence-electron chi connectivity index (χ0n) is 18.3. The number of halogens is 1. The van der Waals surface area contributed by atoms with Crippen LogP contribution in [0.4, 0.5) is 5.69 Å². The standard InChI is InChI=1S/C24H32N4O2.HI/c1-3-7-23(29)28-21-10-6-8-19(14-21)15-26-24(25-2)27-16-20-9-4-5-11-22(20)30-17-18-12-13-18;/h4-6,8-11,14,18H,3,7,12-13,15-17H2,1-2H3,(H,28,29)(H2,25,26,27);1H. The molecule has 31 heavy (non-hydrogen) atoms. The van der Waals surface area contributed by atoms with Crippen LogP contribution in [0.5, 0.6) is 5.75 Å². The van der Waals surface area contributed by atoms with Gasteiger partial charge >= 0.3 is 0 Å². The molecular formula is C24H33IN4O2. The lowest BCUT2D eigenvalue weighted by Crippen LogP contribution is -2.36. The van der Waals surface area contributed by atoms with Gasteiger partial charge in [0, 0.05) is 37.8 Å². The third kappa shape index (κ3) is 8.77. The lowest BCUT2D eigenvalue weighted by molar-refractivity contribution is -0.116. The second-order valence-corrected chi connectivity index (χ2v) is 7.64. The number of aliphatic imine (C=N–C) groups is 1. The number of hydrogen-bond acceptors (Lipinski definition) is 3. The van der Waals surface area contributed by atoms with Crippen LogP contribution in [0, 0.1) is 5.92 Å². The summed E-state index contributed by atoms with van der Waals surface area (Å²) < 4.78 is 5.98. The van der Waals surface area contributed by atoms with Crippen molar-refractivity contribution in [2.24, 2.45) is 10.9 Å². The van der Waals surface area contributed by atoms with E-state index in [-0.39, 0.29) is 29.9 Å². The first-order valence-electron chi connectivity index (χ1n) is 10.7. The molecule has 168 valence electrons. The Morgan fingerprint density at radius 1 is 1.10 bits per heavy atom. The SMILES string of the molecule is CCCC(=O)Nc1cccc(CNC(=NC)NCc2ccccc2OCC2CC2)c1.I. The van der Waals surface area contributed by atoms with Gasteiger partial charge in [-0.1, -0.05) is 37.3 Å². The van der Waals surface area contributed by atoms with Gasteiger partial charge in [0.25, 0.3) is 0 Å². The lowest BCUT2D eigenvalue weighted by Gasteiger charge is -2.15. The highest BCUT2D eigenvalue weighted by Gasteiger charge is 2.22. The number of rotatable bonds is 10. The minimum Gasteiger partial charge on any atom is -0.493 e. The van der Waals surface area contributed by atoms with Crippen LogP contribution in [0.15, 0.2) is 53.5 Å². The van der Waals surface area contributed by atoms with Crippen LogP contribution in [-0.4, -0.2) is 25.5 Å². The molecule has 1 aliphatic rings. The third-order valence-corrected chi connectivity index (χ3v) is 4.96. The fourth-order valence-corrected chi connectivity index (χ4v) is 3.08. The van der Waals surface area contributed by atoms with Gasteiger partial charge in [0.1, 0.15) is 5.75 Å². The molecule has 1 aliphatic carbocycles. The summed E-state index contributed by atoms with van der Waals surface area (Å²) in [4.78, 5) is 16.1. The average Bonchev–Trinajstić information content (AvgIpc) is 3.58. The summed E-state index contributed by atoms with van der Waals surface area (Å²) in [5.74, 6) is 2.42. The summed E-state index contributed by atoms with van der Waals surface area (Å²) in [6.07, 6.45) is 3.93. The number of para-hydroxylation sites is 1. The summed E-state index contributed by atoms with van der Waals surface area (Å²) in [5.41, 5.74) is 3.00. The number of guanidine groups is 1. The molecule has 0 spiro atoms. The normalized spacial score (nSPS) is 13.2. The molecule has 1 fully saturated rings. The van der Waals surface area contributed by atoms with Gasteiger partial charge in [-0.25, -0.2) is 0 Å². The van der Waals surface area contributed by atoms with Gasteiger partial charge in [-0.15, -0.1) is 24.0 Å². The minimum absolute atomic E-state index is 0. The molecular weight excluding hydrogens is 503 g/mol. The second kappa shape index (κ2) is 13.2. The van der Waals surface area contributed by atoms with E-state index in [0.717, 1.165) is 41.5 Å². The van der Waals surface area contributed by atoms with Crippen LogP contribution in [0.2, 0.25) is 0 Å². The second-order valence-electron chi connectivity index (χ2n) is 7.64. The Morgan fingerprint density at radius 3 is 2.61 bits per heavy atom. The van der Waals surface area contributed by atoms with Crippen molar-refractivity contribution in [3.8, 4) is 5.75 Å². The Kier molecular flexibility index (Phi) is 10.6. The Bertz CT molecular complexity index is 868. The van der Waals surface area contributed by atoms with Crippen molar-refractivity contribution in [2.45, 2.75) is 45.7 Å². The molecule has 0 unspecified atom stereocenters. The smallest absolute Gasteiger partial charge is 0.224 e. The first kappa shape index (κ1) is 25.0. The maximum Gasteiger partial charge on any atom is 0.224 e. The Labute approximate surface area is 202 Å². The molecule has 2 aromatic rings. The predicted molar refractivity (Wildman–Crippen MR) is 137 cm³/mol. The fourth-order valence-electron chi connectivity index (χ4n) is 3.08. The van der Waals surface area contributed by atoms with Crippen LogP contribution in [0.1, 0.15) is 43.7 Å². The first-order chi connectivity index (χ1) is 14.7. The van der Waals surface area contributed by atoms with Crippen LogP contribution in [0.25, 0.3) is 0 Å². The molecule has 0 radical (unpaired) electrons. The number of ether oxygens (including phenoxy) is 1. The van der Waals surface area contributed by atoms with Crippen molar-refractivity contribution >= 4 is 41.5 Å². The number of nitrogens with zero attached hydrogens (tertiary/aromatic N) is 1. The summed E-state index contributed by atoms with van der Waals surface area (Å²) in [5, 5.41) is 9.61. The van der Waals surface area contributed by atoms with Crippen molar-refractivity contribution in [3.63, 3.8) is 0 Å². The molecule has 0 atom stereocenters. The number of carbonyl (C=O) groups is 1. The average molecular weight is 536 g/mol. The van der Waals surface area contributed by atoms with Gasteiger partial charge in [-0.05, 0) is 48.9 Å². The summed E-state index contributed by atoms with van der Waals surface area (Å²) in [6, 6.07) is 16.0. The quantitative estimate of drug-likeness (QED) is 0.234. The zero-order chi connectivity index (χ0) is 21.2. The molecule has 0 saturated heterocycles. The highest BCUT2D eigenvalue weighted by atomic mass is 127. The van der Waals surface area contributed by atoms with E-state index < -0.39 is 0 Å². The molecule has 0 heterocycles. The number of amides is 1. The maximum absolute atomic E-state index is 11.8. The van der Waals surface area contributed by atoms with Crippen LogP contribution in [0.3, 0.4) is 0 Å². The minimum atomic E-state index is 0. The van der Waals surface area contributed by atoms with Gasteiger partial charge in [-0.3, -0.25) is 9.79 Å². The maximum atomic E-state index is 11.8. The first-order valence-corrected chi connectivity index (χ1v) is 10.7. The number of anilines is 1. The number of hydrogen-bond donors (Lipinski definition) is 3. The van der Waals surface area contributed by atoms with Gasteiger partial charge in [0.15, 0.2) is 5.96 Å². The molecule has 1 amide bonds. The van der Waals surface area contributed by atoms with Gasteiger partial charge < -0.3 is 20.7 Å². The van der Waals surface area contributed by atoms with Crippen molar-refractivity contribution < 1.29 is 9.53 Å². The summed E-state index contributed by atoms with van der Waals surface area (Å²) in [7, 11) is 1.76. The van der Waals surface area contributed by atoms with Crippen molar-refractivity contribution in [2.75, 3.05) is 19.0 Å². The van der Waals surface area contributed by atoms with Gasteiger partial charge in [-0.2, -0.15) is 0 Å². The topological polar surface area (TPSA) is 74.8 Å². The molecule has 3 rings (SSSR count). The van der Waals surface area contributed by atoms with E-state index in [4.69, 9.17) is 4.74 Å². The van der Waals surface area contributed by atoms with Crippen molar-refractivity contribution in [3.05, 3.63) is 59.7 Å². The van der Waals surface area contributed by atoms with E-state index >= 15 is 0 Å². The van der Waals surface area contributed by atoms with Crippen molar-refractivity contribution in [1.29, 1.82) is 0 Å². The van der Waals surface area contributed by atoms with E-state index in [2.05, 4.69) is 27.0 Å². The summed E-state index contributed by atoms with van der Waals surface area (Å²) in [6.45, 7) is 4.04. The summed E-state index contributed by atoms with van der Waals surface area (Å²) >= 11 is 0. The molecule has 7 heteroatoms. The van der Waals surface area contributed by atoms with E-state index in [1.165, 1.54) is 12.8 Å². The van der Waals surface area contributed by atoms with Gasteiger partial charge in [0.2, 0.25) is 5.91 Å². The van der Waals surface area contributed by atoms with E-state index in [1.807, 2.05) is 49.4 Å². The van der Waals surface area contributed by atoms with Crippen molar-refractivity contribution in [1.82, 2.24) is 10.6 Å². The lowest BCUT2D eigenvalue weighted by atomic mass is 10.2. The third-order valence-electron chi connectivity index (χ3n) is 4.96. The van der Waals surface area contributed by atoms with Crippen LogP contribution in [-0.2, 0) is 17.9 Å². The Morgan fingerprint density at radius 2 is 1.87 bits per heavy atom. The highest BCUT2D eigenvalue weighted by molar-refractivity contribution is 14.0. The number of carbonyl (C=O) groups excluding carboxylic acids is 1. The van der Waals surface area contributed by atoms with E-state index in [1.54, 1.807) is 7.05 Å². The molecule has 0 bridgehead atoms. The molecule has 1 saturated carbocycles. The monoisotopic (exact) mass is 536 g/mol. The molecule has 2 aromatic carbocycles.